The van der Waals surface area contributed by atoms with Crippen LogP contribution in [0.3, 0.4) is 0 Å². The number of carbonyl (C=O) groups is 3. The maximum Gasteiger partial charge on any atom is 0.412 e. The van der Waals surface area contributed by atoms with E-state index in [1.165, 1.54) is 18.2 Å². The van der Waals surface area contributed by atoms with E-state index in [0.717, 1.165) is 0 Å². The third-order valence-corrected chi connectivity index (χ3v) is 2.33. The van der Waals surface area contributed by atoms with Crippen molar-refractivity contribution in [2.45, 2.75) is 33.3 Å². The standard InChI is InChI=1S/C15H19NO5/c1-5-20-13(18)10-6-7-12(11(8-10)9-17)16-14(19)21-15(2,3)4/h6-9H,5H2,1-4H3,(H,16,19). The molecule has 21 heavy (non-hydrogen) atoms. The molecule has 1 aromatic rings. The Bertz CT molecular complexity index is 545. The van der Waals surface area contributed by atoms with Gasteiger partial charge in [0.15, 0.2) is 6.29 Å². The van der Waals surface area contributed by atoms with Crippen molar-refractivity contribution in [1.82, 2.24) is 0 Å². The second kappa shape index (κ2) is 6.88. The zero-order valence-electron chi connectivity index (χ0n) is 12.6. The minimum Gasteiger partial charge on any atom is -0.462 e. The molecule has 0 spiro atoms. The summed E-state index contributed by atoms with van der Waals surface area (Å²) in [6.07, 6.45) is -0.121. The molecule has 114 valence electrons. The summed E-state index contributed by atoms with van der Waals surface area (Å²) in [5.41, 5.74) is 0.0448. The van der Waals surface area contributed by atoms with Crippen molar-refractivity contribution in [2.24, 2.45) is 0 Å². The smallest absolute Gasteiger partial charge is 0.412 e. The molecule has 0 unspecified atom stereocenters. The molecule has 0 radical (unpaired) electrons. The number of hydrogen-bond donors (Lipinski definition) is 1. The van der Waals surface area contributed by atoms with Crippen molar-refractivity contribution in [1.29, 1.82) is 0 Å². The van der Waals surface area contributed by atoms with Gasteiger partial charge < -0.3 is 9.47 Å². The summed E-state index contributed by atoms with van der Waals surface area (Å²) in [6, 6.07) is 4.29. The van der Waals surface area contributed by atoms with Gasteiger partial charge in [-0.1, -0.05) is 0 Å². The molecule has 6 heteroatoms. The quantitative estimate of drug-likeness (QED) is 0.681. The van der Waals surface area contributed by atoms with Crippen LogP contribution in [0.2, 0.25) is 0 Å². The summed E-state index contributed by atoms with van der Waals surface area (Å²) in [6.45, 7) is 7.13. The Kier molecular flexibility index (Phi) is 5.46. The largest absolute Gasteiger partial charge is 0.462 e. The van der Waals surface area contributed by atoms with Gasteiger partial charge in [-0.05, 0) is 45.9 Å². The highest BCUT2D eigenvalue weighted by molar-refractivity contribution is 5.97. The number of hydrogen-bond acceptors (Lipinski definition) is 5. The molecule has 1 aromatic carbocycles. The maximum atomic E-state index is 11.7. The van der Waals surface area contributed by atoms with Crippen LogP contribution in [0.15, 0.2) is 18.2 Å². The van der Waals surface area contributed by atoms with Gasteiger partial charge in [0, 0.05) is 5.56 Å². The van der Waals surface area contributed by atoms with Gasteiger partial charge in [-0.15, -0.1) is 0 Å². The van der Waals surface area contributed by atoms with Crippen molar-refractivity contribution in [2.75, 3.05) is 11.9 Å². The van der Waals surface area contributed by atoms with Crippen LogP contribution in [0.1, 0.15) is 48.4 Å². The lowest BCUT2D eigenvalue weighted by Crippen LogP contribution is -2.27. The molecular weight excluding hydrogens is 274 g/mol. The lowest BCUT2D eigenvalue weighted by Gasteiger charge is -2.20. The first-order valence-electron chi connectivity index (χ1n) is 6.53. The zero-order chi connectivity index (χ0) is 16.0. The fourth-order valence-corrected chi connectivity index (χ4v) is 1.53. The molecule has 0 aromatic heterocycles. The van der Waals surface area contributed by atoms with Gasteiger partial charge in [0.25, 0.3) is 0 Å². The molecule has 0 bridgehead atoms. The molecule has 0 saturated heterocycles. The van der Waals surface area contributed by atoms with Crippen LogP contribution in [0.25, 0.3) is 0 Å². The van der Waals surface area contributed by atoms with Gasteiger partial charge in [-0.3, -0.25) is 10.1 Å². The second-order valence-electron chi connectivity index (χ2n) is 5.27. The highest BCUT2D eigenvalue weighted by atomic mass is 16.6. The average molecular weight is 293 g/mol. The summed E-state index contributed by atoms with van der Waals surface area (Å²) >= 11 is 0. The molecule has 0 heterocycles. The van der Waals surface area contributed by atoms with Crippen molar-refractivity contribution < 1.29 is 23.9 Å². The summed E-state index contributed by atoms with van der Waals surface area (Å²) in [4.78, 5) is 34.3. The first-order valence-corrected chi connectivity index (χ1v) is 6.53. The molecule has 1 N–H and O–H groups in total. The summed E-state index contributed by atoms with van der Waals surface area (Å²) in [7, 11) is 0. The van der Waals surface area contributed by atoms with E-state index in [4.69, 9.17) is 9.47 Å². The fourth-order valence-electron chi connectivity index (χ4n) is 1.53. The van der Waals surface area contributed by atoms with Crippen LogP contribution >= 0.6 is 0 Å². The van der Waals surface area contributed by atoms with E-state index in [2.05, 4.69) is 5.32 Å². The number of amides is 1. The van der Waals surface area contributed by atoms with Crippen molar-refractivity contribution >= 4 is 24.0 Å². The van der Waals surface area contributed by atoms with E-state index in [1.807, 2.05) is 0 Å². The molecule has 0 fully saturated rings. The third kappa shape index (κ3) is 5.25. The lowest BCUT2D eigenvalue weighted by atomic mass is 10.1. The van der Waals surface area contributed by atoms with E-state index in [9.17, 15) is 14.4 Å². The molecule has 1 amide bonds. The Morgan fingerprint density at radius 1 is 1.29 bits per heavy atom. The van der Waals surface area contributed by atoms with Crippen molar-refractivity contribution in [3.63, 3.8) is 0 Å². The Labute approximate surface area is 123 Å². The van der Waals surface area contributed by atoms with E-state index in [1.54, 1.807) is 27.7 Å². The minimum absolute atomic E-state index is 0.173. The Hall–Kier alpha value is -2.37. The maximum absolute atomic E-state index is 11.7. The second-order valence-corrected chi connectivity index (χ2v) is 5.27. The number of aldehydes is 1. The first-order chi connectivity index (χ1) is 9.76. The van der Waals surface area contributed by atoms with Crippen LogP contribution in [0, 0.1) is 0 Å². The zero-order valence-corrected chi connectivity index (χ0v) is 12.6. The molecule has 6 nitrogen and oxygen atoms in total. The minimum atomic E-state index is -0.672. The van der Waals surface area contributed by atoms with Gasteiger partial charge in [0.1, 0.15) is 5.60 Å². The summed E-state index contributed by atoms with van der Waals surface area (Å²) in [5.74, 6) is -0.524. The molecular formula is C15H19NO5. The fraction of sp³-hybridized carbons (Fsp3) is 0.400. The number of anilines is 1. The summed E-state index contributed by atoms with van der Waals surface area (Å²) in [5, 5.41) is 2.47. The molecule has 0 saturated carbocycles. The molecule has 1 rings (SSSR count). The van der Waals surface area contributed by atoms with Gasteiger partial charge in [-0.2, -0.15) is 0 Å². The van der Waals surface area contributed by atoms with E-state index in [0.29, 0.717) is 6.29 Å². The number of rotatable bonds is 4. The Morgan fingerprint density at radius 3 is 2.48 bits per heavy atom. The average Bonchev–Trinajstić information content (AvgIpc) is 2.37. The van der Waals surface area contributed by atoms with Gasteiger partial charge in [0.2, 0.25) is 0 Å². The van der Waals surface area contributed by atoms with Gasteiger partial charge in [0.05, 0.1) is 17.9 Å². The van der Waals surface area contributed by atoms with Crippen LogP contribution in [0.5, 0.6) is 0 Å². The van der Waals surface area contributed by atoms with Crippen LogP contribution in [-0.2, 0) is 9.47 Å². The van der Waals surface area contributed by atoms with Gasteiger partial charge >= 0.3 is 12.1 Å². The van der Waals surface area contributed by atoms with Crippen LogP contribution in [0.4, 0.5) is 10.5 Å². The highest BCUT2D eigenvalue weighted by Crippen LogP contribution is 2.18. The number of benzene rings is 1. The summed E-state index contributed by atoms with van der Waals surface area (Å²) < 4.78 is 9.95. The van der Waals surface area contributed by atoms with Crippen LogP contribution in [-0.4, -0.2) is 30.6 Å². The first kappa shape index (κ1) is 16.7. The molecule has 0 atom stereocenters. The molecule has 0 aliphatic rings. The van der Waals surface area contributed by atoms with E-state index >= 15 is 0 Å². The Balaban J connectivity index is 2.92. The number of carbonyl (C=O) groups excluding carboxylic acids is 3. The Morgan fingerprint density at radius 2 is 1.95 bits per heavy atom. The molecule has 0 aliphatic heterocycles. The van der Waals surface area contributed by atoms with E-state index in [-0.39, 0.29) is 23.4 Å². The highest BCUT2D eigenvalue weighted by Gasteiger charge is 2.18. The number of nitrogens with one attached hydrogen (secondary N) is 1. The lowest BCUT2D eigenvalue weighted by molar-refractivity contribution is 0.0525. The predicted molar refractivity (Wildman–Crippen MR) is 77.6 cm³/mol. The normalized spacial score (nSPS) is 10.7. The van der Waals surface area contributed by atoms with Crippen molar-refractivity contribution in [3.05, 3.63) is 29.3 Å². The van der Waals surface area contributed by atoms with E-state index < -0.39 is 17.7 Å². The number of esters is 1. The van der Waals surface area contributed by atoms with Crippen LogP contribution < -0.4 is 5.32 Å². The molecule has 0 aliphatic carbocycles. The SMILES string of the molecule is CCOC(=O)c1ccc(NC(=O)OC(C)(C)C)c(C=O)c1. The third-order valence-electron chi connectivity index (χ3n) is 2.33. The van der Waals surface area contributed by atoms with Crippen molar-refractivity contribution in [3.8, 4) is 0 Å². The topological polar surface area (TPSA) is 81.7 Å². The van der Waals surface area contributed by atoms with Gasteiger partial charge in [-0.25, -0.2) is 9.59 Å². The predicted octanol–water partition coefficient (Wildman–Crippen LogP) is 3.02. The monoisotopic (exact) mass is 293 g/mol. The number of ether oxygens (including phenoxy) is 2.